The standard InChI is InChI=1S/C17H24ClNO3/c1-22-15-5-3-2-4-14(17(15)21)19-16(20)11-8-12-6-9-13(18)10-7-12/h6-7,9-10,14-15,17,21H,2-5,8,11H2,1H3,(H,19,20)/t14-,15-,17-/m1/s1. The number of hydrogen-bond acceptors (Lipinski definition) is 3. The minimum Gasteiger partial charge on any atom is -0.388 e. The Morgan fingerprint density at radius 1 is 1.32 bits per heavy atom. The highest BCUT2D eigenvalue weighted by molar-refractivity contribution is 6.30. The highest BCUT2D eigenvalue weighted by Gasteiger charge is 2.30. The van der Waals surface area contributed by atoms with Crippen LogP contribution in [-0.4, -0.2) is 36.4 Å². The number of amides is 1. The van der Waals surface area contributed by atoms with Gasteiger partial charge in [0, 0.05) is 18.6 Å². The minimum absolute atomic E-state index is 0.0317. The van der Waals surface area contributed by atoms with Gasteiger partial charge in [0.05, 0.1) is 12.1 Å². The van der Waals surface area contributed by atoms with E-state index in [-0.39, 0.29) is 18.1 Å². The molecule has 0 radical (unpaired) electrons. The first-order valence-electron chi connectivity index (χ1n) is 7.85. The summed E-state index contributed by atoms with van der Waals surface area (Å²) in [4.78, 5) is 12.1. The molecule has 3 atom stereocenters. The Kier molecular flexibility index (Phi) is 6.68. The van der Waals surface area contributed by atoms with Gasteiger partial charge in [-0.3, -0.25) is 4.79 Å². The molecule has 1 fully saturated rings. The molecular weight excluding hydrogens is 302 g/mol. The van der Waals surface area contributed by atoms with Gasteiger partial charge in [0.25, 0.3) is 0 Å². The summed E-state index contributed by atoms with van der Waals surface area (Å²) in [6.45, 7) is 0. The van der Waals surface area contributed by atoms with E-state index < -0.39 is 6.10 Å². The number of aliphatic hydroxyl groups excluding tert-OH is 1. The van der Waals surface area contributed by atoms with Crippen LogP contribution in [0.3, 0.4) is 0 Å². The summed E-state index contributed by atoms with van der Waals surface area (Å²) >= 11 is 5.84. The fraction of sp³-hybridized carbons (Fsp3) is 0.588. The number of halogens is 1. The number of carbonyl (C=O) groups excluding carboxylic acids is 1. The molecule has 1 amide bonds. The van der Waals surface area contributed by atoms with Crippen molar-refractivity contribution >= 4 is 17.5 Å². The van der Waals surface area contributed by atoms with Crippen LogP contribution in [0.1, 0.15) is 37.7 Å². The van der Waals surface area contributed by atoms with Gasteiger partial charge in [0.2, 0.25) is 5.91 Å². The maximum atomic E-state index is 12.1. The number of hydrogen-bond donors (Lipinski definition) is 2. The molecule has 5 heteroatoms. The van der Waals surface area contributed by atoms with Crippen LogP contribution in [0.25, 0.3) is 0 Å². The van der Waals surface area contributed by atoms with Crippen molar-refractivity contribution in [2.24, 2.45) is 0 Å². The van der Waals surface area contributed by atoms with E-state index in [0.717, 1.165) is 31.2 Å². The highest BCUT2D eigenvalue weighted by atomic mass is 35.5. The van der Waals surface area contributed by atoms with E-state index >= 15 is 0 Å². The number of methoxy groups -OCH3 is 1. The second kappa shape index (κ2) is 8.51. The van der Waals surface area contributed by atoms with Crippen LogP contribution in [-0.2, 0) is 16.0 Å². The van der Waals surface area contributed by atoms with Gasteiger partial charge >= 0.3 is 0 Å². The lowest BCUT2D eigenvalue weighted by Crippen LogP contribution is -2.48. The third-order valence-electron chi connectivity index (χ3n) is 4.25. The molecule has 4 nitrogen and oxygen atoms in total. The summed E-state index contributed by atoms with van der Waals surface area (Å²) in [5, 5.41) is 14.0. The van der Waals surface area contributed by atoms with Crippen LogP contribution in [0.5, 0.6) is 0 Å². The van der Waals surface area contributed by atoms with Gasteiger partial charge in [-0.15, -0.1) is 0 Å². The van der Waals surface area contributed by atoms with Crippen molar-refractivity contribution in [3.8, 4) is 0 Å². The minimum atomic E-state index is -0.632. The predicted molar refractivity (Wildman–Crippen MR) is 87.0 cm³/mol. The van der Waals surface area contributed by atoms with Gasteiger partial charge in [-0.05, 0) is 37.0 Å². The summed E-state index contributed by atoms with van der Waals surface area (Å²) in [5.41, 5.74) is 1.08. The molecule has 1 aliphatic rings. The summed E-state index contributed by atoms with van der Waals surface area (Å²) < 4.78 is 5.32. The molecule has 0 unspecified atom stereocenters. The molecule has 1 aliphatic carbocycles. The zero-order chi connectivity index (χ0) is 15.9. The van der Waals surface area contributed by atoms with Gasteiger partial charge in [-0.25, -0.2) is 0 Å². The third-order valence-corrected chi connectivity index (χ3v) is 4.50. The van der Waals surface area contributed by atoms with E-state index in [2.05, 4.69) is 5.32 Å². The van der Waals surface area contributed by atoms with E-state index in [4.69, 9.17) is 16.3 Å². The summed E-state index contributed by atoms with van der Waals surface area (Å²) in [6, 6.07) is 7.29. The summed E-state index contributed by atoms with van der Waals surface area (Å²) in [7, 11) is 1.61. The highest BCUT2D eigenvalue weighted by Crippen LogP contribution is 2.21. The number of aliphatic hydroxyl groups is 1. The molecule has 0 bridgehead atoms. The Morgan fingerprint density at radius 2 is 2.00 bits per heavy atom. The predicted octanol–water partition coefficient (Wildman–Crippen LogP) is 2.71. The van der Waals surface area contributed by atoms with E-state index in [9.17, 15) is 9.90 Å². The first kappa shape index (κ1) is 17.3. The van der Waals surface area contributed by atoms with Crippen LogP contribution in [0, 0.1) is 0 Å². The monoisotopic (exact) mass is 325 g/mol. The molecule has 0 aromatic heterocycles. The molecular formula is C17H24ClNO3. The Hall–Kier alpha value is -1.10. The smallest absolute Gasteiger partial charge is 0.220 e. The van der Waals surface area contributed by atoms with E-state index in [1.807, 2.05) is 24.3 Å². The zero-order valence-electron chi connectivity index (χ0n) is 12.9. The average molecular weight is 326 g/mol. The molecule has 2 N–H and O–H groups in total. The van der Waals surface area contributed by atoms with E-state index in [0.29, 0.717) is 17.9 Å². The van der Waals surface area contributed by atoms with Crippen molar-refractivity contribution in [2.45, 2.75) is 56.8 Å². The van der Waals surface area contributed by atoms with Gasteiger partial charge in [0.15, 0.2) is 0 Å². The number of benzene rings is 1. The van der Waals surface area contributed by atoms with Crippen molar-refractivity contribution < 1.29 is 14.6 Å². The molecule has 0 saturated heterocycles. The number of aryl methyl sites for hydroxylation is 1. The second-order valence-electron chi connectivity index (χ2n) is 5.85. The first-order chi connectivity index (χ1) is 10.6. The maximum Gasteiger partial charge on any atom is 0.220 e. The van der Waals surface area contributed by atoms with E-state index in [1.165, 1.54) is 0 Å². The van der Waals surface area contributed by atoms with Crippen molar-refractivity contribution in [2.75, 3.05) is 7.11 Å². The Labute approximate surface area is 136 Å². The summed E-state index contributed by atoms with van der Waals surface area (Å²) in [6.07, 6.45) is 3.91. The largest absolute Gasteiger partial charge is 0.388 e. The lowest BCUT2D eigenvalue weighted by molar-refractivity contribution is -0.123. The normalized spacial score (nSPS) is 25.5. The Morgan fingerprint density at radius 3 is 2.68 bits per heavy atom. The van der Waals surface area contributed by atoms with Crippen molar-refractivity contribution in [1.29, 1.82) is 0 Å². The van der Waals surface area contributed by atoms with Crippen LogP contribution < -0.4 is 5.32 Å². The fourth-order valence-electron chi connectivity index (χ4n) is 2.91. The number of ether oxygens (including phenoxy) is 1. The molecule has 1 aromatic carbocycles. The molecule has 0 spiro atoms. The van der Waals surface area contributed by atoms with Crippen LogP contribution in [0.2, 0.25) is 5.02 Å². The topological polar surface area (TPSA) is 58.6 Å². The van der Waals surface area contributed by atoms with Crippen molar-refractivity contribution in [3.05, 3.63) is 34.9 Å². The van der Waals surface area contributed by atoms with Crippen molar-refractivity contribution in [1.82, 2.24) is 5.32 Å². The molecule has 22 heavy (non-hydrogen) atoms. The van der Waals surface area contributed by atoms with Crippen molar-refractivity contribution in [3.63, 3.8) is 0 Å². The van der Waals surface area contributed by atoms with Crippen LogP contribution in [0.4, 0.5) is 0 Å². The van der Waals surface area contributed by atoms with Gasteiger partial charge < -0.3 is 15.2 Å². The number of carbonyl (C=O) groups is 1. The molecule has 1 aromatic rings. The van der Waals surface area contributed by atoms with E-state index in [1.54, 1.807) is 7.11 Å². The van der Waals surface area contributed by atoms with Gasteiger partial charge in [-0.2, -0.15) is 0 Å². The SMILES string of the molecule is CO[C@@H]1CCCC[C@@H](NC(=O)CCc2ccc(Cl)cc2)[C@H]1O. The lowest BCUT2D eigenvalue weighted by atomic mass is 10.0. The first-order valence-corrected chi connectivity index (χ1v) is 8.22. The average Bonchev–Trinajstić information content (AvgIpc) is 2.69. The lowest BCUT2D eigenvalue weighted by Gasteiger charge is -2.27. The Balaban J connectivity index is 1.83. The zero-order valence-corrected chi connectivity index (χ0v) is 13.7. The van der Waals surface area contributed by atoms with Gasteiger partial charge in [-0.1, -0.05) is 36.6 Å². The number of nitrogens with one attached hydrogen (secondary N) is 1. The quantitative estimate of drug-likeness (QED) is 0.818. The molecule has 2 rings (SSSR count). The maximum absolute atomic E-state index is 12.1. The molecule has 0 aliphatic heterocycles. The molecule has 0 heterocycles. The van der Waals surface area contributed by atoms with Crippen LogP contribution in [0.15, 0.2) is 24.3 Å². The van der Waals surface area contributed by atoms with Gasteiger partial charge in [0.1, 0.15) is 6.10 Å². The number of rotatable bonds is 5. The molecule has 122 valence electrons. The molecule has 1 saturated carbocycles. The third kappa shape index (κ3) is 4.97. The van der Waals surface area contributed by atoms with Crippen LogP contribution >= 0.6 is 11.6 Å². The Bertz CT molecular complexity index is 477. The fourth-order valence-corrected chi connectivity index (χ4v) is 3.04. The summed E-state index contributed by atoms with van der Waals surface area (Å²) in [5.74, 6) is -0.0317. The second-order valence-corrected chi connectivity index (χ2v) is 6.29.